The van der Waals surface area contributed by atoms with Crippen molar-refractivity contribution in [3.05, 3.63) is 102 Å². The van der Waals surface area contributed by atoms with Crippen molar-refractivity contribution in [1.82, 2.24) is 0 Å². The average molecular weight is 407 g/mol. The van der Waals surface area contributed by atoms with E-state index < -0.39 is 5.91 Å². The van der Waals surface area contributed by atoms with Crippen LogP contribution >= 0.6 is 0 Å². The van der Waals surface area contributed by atoms with Crippen LogP contribution in [-0.4, -0.2) is 12.5 Å². The number of anilines is 1. The molecule has 0 aliphatic rings. The Balaban J connectivity index is 1.74. The van der Waals surface area contributed by atoms with Gasteiger partial charge in [-0.25, -0.2) is 0 Å². The van der Waals surface area contributed by atoms with Crippen LogP contribution in [0.1, 0.15) is 17.5 Å². The van der Waals surface area contributed by atoms with E-state index in [1.54, 1.807) is 42.5 Å². The van der Waals surface area contributed by atoms with E-state index >= 15 is 0 Å². The molecule has 0 aromatic heterocycles. The maximum absolute atomic E-state index is 13.0. The van der Waals surface area contributed by atoms with Gasteiger partial charge >= 0.3 is 0 Å². The molecule has 0 aliphatic heterocycles. The predicted octanol–water partition coefficient (Wildman–Crippen LogP) is 5.12. The molecule has 152 valence electrons. The Morgan fingerprint density at radius 1 is 0.903 bits per heavy atom. The van der Waals surface area contributed by atoms with Crippen molar-refractivity contribution in [2.24, 2.45) is 0 Å². The molecule has 0 N–H and O–H groups in total. The number of carbonyl (C=O) groups excluding carboxylic acids is 1. The summed E-state index contributed by atoms with van der Waals surface area (Å²) in [5, 5.41) is 18.5. The van der Waals surface area contributed by atoms with Crippen molar-refractivity contribution in [3.63, 3.8) is 0 Å². The molecular weight excluding hydrogens is 386 g/mol. The standard InChI is InChI=1S/C26H21N3O2/c27-16-7-17-29(24-10-5-2-6-11-24)26(30)23(19-28)18-21-12-14-25(15-13-21)31-20-22-8-3-1-4-9-22/h1-6,8-15,18H,7,17,20H2. The van der Waals surface area contributed by atoms with Crippen molar-refractivity contribution in [1.29, 1.82) is 10.5 Å². The number of para-hydroxylation sites is 1. The smallest absolute Gasteiger partial charge is 0.268 e. The highest BCUT2D eigenvalue weighted by Crippen LogP contribution is 2.20. The zero-order valence-corrected chi connectivity index (χ0v) is 16.9. The summed E-state index contributed by atoms with van der Waals surface area (Å²) in [6.45, 7) is 0.674. The second kappa shape index (κ2) is 11.0. The molecule has 5 nitrogen and oxygen atoms in total. The van der Waals surface area contributed by atoms with E-state index in [0.29, 0.717) is 23.6 Å². The molecule has 0 saturated heterocycles. The monoisotopic (exact) mass is 407 g/mol. The van der Waals surface area contributed by atoms with Gasteiger partial charge in [-0.3, -0.25) is 4.79 Å². The Hall–Kier alpha value is -4.35. The number of amides is 1. The molecule has 3 aromatic carbocycles. The van der Waals surface area contributed by atoms with Crippen LogP contribution in [0.2, 0.25) is 0 Å². The van der Waals surface area contributed by atoms with Gasteiger partial charge in [0.1, 0.15) is 24.0 Å². The zero-order valence-electron chi connectivity index (χ0n) is 16.9. The number of ether oxygens (including phenoxy) is 1. The average Bonchev–Trinajstić information content (AvgIpc) is 2.83. The lowest BCUT2D eigenvalue weighted by Crippen LogP contribution is -2.32. The van der Waals surface area contributed by atoms with E-state index in [1.807, 2.05) is 60.7 Å². The van der Waals surface area contributed by atoms with Crippen molar-refractivity contribution in [3.8, 4) is 17.9 Å². The van der Waals surface area contributed by atoms with Crippen molar-refractivity contribution in [2.45, 2.75) is 13.0 Å². The fourth-order valence-corrected chi connectivity index (χ4v) is 2.97. The number of benzene rings is 3. The van der Waals surface area contributed by atoms with E-state index in [-0.39, 0.29) is 18.5 Å². The third-order valence-corrected chi connectivity index (χ3v) is 4.55. The molecule has 0 atom stereocenters. The van der Waals surface area contributed by atoms with Crippen molar-refractivity contribution in [2.75, 3.05) is 11.4 Å². The lowest BCUT2D eigenvalue weighted by Gasteiger charge is -2.21. The summed E-state index contributed by atoms with van der Waals surface area (Å²) < 4.78 is 5.77. The van der Waals surface area contributed by atoms with Crippen LogP contribution in [0.4, 0.5) is 5.69 Å². The van der Waals surface area contributed by atoms with Crippen molar-refractivity contribution < 1.29 is 9.53 Å². The zero-order chi connectivity index (χ0) is 21.9. The summed E-state index contributed by atoms with van der Waals surface area (Å²) >= 11 is 0. The van der Waals surface area contributed by atoms with Crippen LogP contribution in [0, 0.1) is 22.7 Å². The number of hydrogen-bond donors (Lipinski definition) is 0. The molecule has 0 heterocycles. The lowest BCUT2D eigenvalue weighted by atomic mass is 10.1. The van der Waals surface area contributed by atoms with E-state index in [4.69, 9.17) is 10.00 Å². The molecule has 0 fully saturated rings. The number of rotatable bonds is 8. The van der Waals surface area contributed by atoms with Gasteiger partial charge in [-0.15, -0.1) is 0 Å². The minimum Gasteiger partial charge on any atom is -0.489 e. The first-order valence-electron chi connectivity index (χ1n) is 9.83. The first kappa shape index (κ1) is 21.4. The highest BCUT2D eigenvalue weighted by Gasteiger charge is 2.19. The van der Waals surface area contributed by atoms with Gasteiger partial charge in [0.25, 0.3) is 5.91 Å². The van der Waals surface area contributed by atoms with Crippen LogP contribution in [-0.2, 0) is 11.4 Å². The van der Waals surface area contributed by atoms with E-state index in [9.17, 15) is 10.1 Å². The molecule has 5 heteroatoms. The Kier molecular flexibility index (Phi) is 7.58. The summed E-state index contributed by atoms with van der Waals surface area (Å²) in [5.41, 5.74) is 2.43. The number of nitrogens with zero attached hydrogens (tertiary/aromatic N) is 3. The van der Waals surface area contributed by atoms with Crippen LogP contribution in [0.5, 0.6) is 5.75 Å². The summed E-state index contributed by atoms with van der Waals surface area (Å²) in [7, 11) is 0. The van der Waals surface area contributed by atoms with Gasteiger partial charge in [0.15, 0.2) is 0 Å². The quantitative estimate of drug-likeness (QED) is 0.384. The molecular formula is C26H21N3O2. The van der Waals surface area contributed by atoms with Gasteiger partial charge in [0.2, 0.25) is 0 Å². The van der Waals surface area contributed by atoms with Gasteiger partial charge in [-0.1, -0.05) is 60.7 Å². The van der Waals surface area contributed by atoms with Gasteiger partial charge in [-0.2, -0.15) is 10.5 Å². The molecule has 31 heavy (non-hydrogen) atoms. The summed E-state index contributed by atoms with van der Waals surface area (Å²) in [6, 6.07) is 30.1. The van der Waals surface area contributed by atoms with E-state index in [0.717, 1.165) is 5.56 Å². The van der Waals surface area contributed by atoms with Gasteiger partial charge in [-0.05, 0) is 41.5 Å². The Morgan fingerprint density at radius 2 is 1.55 bits per heavy atom. The molecule has 1 amide bonds. The van der Waals surface area contributed by atoms with Crippen LogP contribution < -0.4 is 9.64 Å². The highest BCUT2D eigenvalue weighted by molar-refractivity contribution is 6.11. The SMILES string of the molecule is N#CCCN(C(=O)C(C#N)=Cc1ccc(OCc2ccccc2)cc1)c1ccccc1. The largest absolute Gasteiger partial charge is 0.489 e. The minimum atomic E-state index is -0.437. The topological polar surface area (TPSA) is 77.1 Å². The fourth-order valence-electron chi connectivity index (χ4n) is 2.97. The van der Waals surface area contributed by atoms with Crippen LogP contribution in [0.25, 0.3) is 6.08 Å². The summed E-state index contributed by atoms with van der Waals surface area (Å²) in [5.74, 6) is 0.263. The first-order chi connectivity index (χ1) is 15.2. The van der Waals surface area contributed by atoms with Gasteiger partial charge in [0.05, 0.1) is 12.5 Å². The highest BCUT2D eigenvalue weighted by atomic mass is 16.5. The maximum atomic E-state index is 13.0. The Labute approximate surface area is 182 Å². The van der Waals surface area contributed by atoms with Gasteiger partial charge < -0.3 is 9.64 Å². The number of nitriles is 2. The maximum Gasteiger partial charge on any atom is 0.268 e. The van der Waals surface area contributed by atoms with Gasteiger partial charge in [0, 0.05) is 12.2 Å². The van der Waals surface area contributed by atoms with Crippen LogP contribution in [0.15, 0.2) is 90.5 Å². The molecule has 0 radical (unpaired) electrons. The molecule has 0 aliphatic carbocycles. The lowest BCUT2D eigenvalue weighted by molar-refractivity contribution is -0.114. The number of carbonyl (C=O) groups is 1. The Bertz CT molecular complexity index is 1110. The molecule has 0 spiro atoms. The van der Waals surface area contributed by atoms with Crippen molar-refractivity contribution >= 4 is 17.7 Å². The normalized spacial score (nSPS) is 10.6. The molecule has 0 saturated carbocycles. The molecule has 0 bridgehead atoms. The minimum absolute atomic E-state index is 0.000234. The predicted molar refractivity (Wildman–Crippen MR) is 120 cm³/mol. The summed E-state index contributed by atoms with van der Waals surface area (Å²) in [6.07, 6.45) is 1.72. The third-order valence-electron chi connectivity index (χ3n) is 4.55. The first-order valence-corrected chi connectivity index (χ1v) is 9.83. The second-order valence-electron chi connectivity index (χ2n) is 6.71. The van der Waals surface area contributed by atoms with E-state index in [1.165, 1.54) is 4.90 Å². The van der Waals surface area contributed by atoms with Crippen LogP contribution in [0.3, 0.4) is 0 Å². The second-order valence-corrected chi connectivity index (χ2v) is 6.71. The third kappa shape index (κ3) is 6.06. The Morgan fingerprint density at radius 3 is 2.16 bits per heavy atom. The number of hydrogen-bond acceptors (Lipinski definition) is 4. The molecule has 0 unspecified atom stereocenters. The van der Waals surface area contributed by atoms with E-state index in [2.05, 4.69) is 0 Å². The molecule has 3 rings (SSSR count). The molecule has 3 aromatic rings. The summed E-state index contributed by atoms with van der Waals surface area (Å²) in [4.78, 5) is 14.5. The fraction of sp³-hybridized carbons (Fsp3) is 0.115.